The molecule has 0 atom stereocenters. The molecule has 4 amide bonds. The molecular formula is C37H24F3N2O6P. The van der Waals surface area contributed by atoms with Gasteiger partial charge in [-0.05, 0) is 61.0 Å². The largest absolute Gasteiger partial charge is 0.457 e. The molecule has 0 bridgehead atoms. The molecule has 0 radical (unpaired) electrons. The van der Waals surface area contributed by atoms with Crippen LogP contribution < -0.4 is 25.6 Å². The van der Waals surface area contributed by atoms with Gasteiger partial charge in [-0.2, -0.15) is 13.2 Å². The molecule has 12 heteroatoms. The smallest absolute Gasteiger partial charge is 0.416 e. The predicted octanol–water partition coefficient (Wildman–Crippen LogP) is 6.47. The summed E-state index contributed by atoms with van der Waals surface area (Å²) in [4.78, 5) is 54.4. The average Bonchev–Trinajstić information content (AvgIpc) is 3.46. The molecule has 0 unspecified atom stereocenters. The monoisotopic (exact) mass is 680 g/mol. The maximum atomic E-state index is 15.5. The van der Waals surface area contributed by atoms with Gasteiger partial charge in [0.15, 0.2) is 7.14 Å². The standard InChI is InChI=1S/C37H24F3N2O6P/c1-21-17-22(37(38,39)40)18-31(32(21)49(47,25-9-5-3-6-10-25)26-11-7-4-8-12-26)42-35(45)28-16-14-24(20-30(28)36(42)46)48-23-13-15-27-29(19-23)34(44)41(2)33(27)43/h3-20H,1-2H3. The summed E-state index contributed by atoms with van der Waals surface area (Å²) in [6.45, 7) is 1.38. The second-order valence-electron chi connectivity index (χ2n) is 11.6. The summed E-state index contributed by atoms with van der Waals surface area (Å²) in [5.74, 6) is -2.54. The van der Waals surface area contributed by atoms with Gasteiger partial charge in [0, 0.05) is 23.0 Å². The van der Waals surface area contributed by atoms with Crippen LogP contribution in [0.4, 0.5) is 18.9 Å². The minimum absolute atomic E-state index is 0.0169. The van der Waals surface area contributed by atoms with Crippen LogP contribution in [0.3, 0.4) is 0 Å². The molecule has 7 rings (SSSR count). The molecule has 8 nitrogen and oxygen atoms in total. The van der Waals surface area contributed by atoms with Gasteiger partial charge in [0.25, 0.3) is 23.6 Å². The van der Waals surface area contributed by atoms with E-state index in [0.29, 0.717) is 21.6 Å². The zero-order chi connectivity index (χ0) is 34.8. The van der Waals surface area contributed by atoms with E-state index in [2.05, 4.69) is 0 Å². The fraction of sp³-hybridized carbons (Fsp3) is 0.0811. The van der Waals surface area contributed by atoms with Gasteiger partial charge in [-0.25, -0.2) is 4.90 Å². The number of aryl methyl sites for hydroxylation is 1. The summed E-state index contributed by atoms with van der Waals surface area (Å²) in [6.07, 6.45) is -4.85. The first kappa shape index (κ1) is 31.8. The highest BCUT2D eigenvalue weighted by molar-refractivity contribution is 7.85. The van der Waals surface area contributed by atoms with Crippen LogP contribution >= 0.6 is 7.14 Å². The molecule has 244 valence electrons. The third-order valence-corrected chi connectivity index (χ3v) is 11.8. The van der Waals surface area contributed by atoms with Crippen molar-refractivity contribution in [1.82, 2.24) is 4.90 Å². The highest BCUT2D eigenvalue weighted by atomic mass is 31.2. The first-order valence-electron chi connectivity index (χ1n) is 14.9. The maximum Gasteiger partial charge on any atom is 0.416 e. The molecule has 0 saturated carbocycles. The molecule has 0 aromatic heterocycles. The van der Waals surface area contributed by atoms with Crippen molar-refractivity contribution < 1.29 is 41.7 Å². The average molecular weight is 681 g/mol. The van der Waals surface area contributed by atoms with Crippen LogP contribution in [0.15, 0.2) is 109 Å². The van der Waals surface area contributed by atoms with Gasteiger partial charge in [0.2, 0.25) is 0 Å². The second kappa shape index (κ2) is 11.4. The molecule has 0 spiro atoms. The van der Waals surface area contributed by atoms with Crippen LogP contribution in [0, 0.1) is 6.92 Å². The Morgan fingerprint density at radius 3 is 1.61 bits per heavy atom. The van der Waals surface area contributed by atoms with Crippen molar-refractivity contribution in [3.8, 4) is 11.5 Å². The molecule has 0 saturated heterocycles. The molecule has 0 aliphatic carbocycles. The van der Waals surface area contributed by atoms with Gasteiger partial charge in [-0.1, -0.05) is 60.7 Å². The minimum Gasteiger partial charge on any atom is -0.457 e. The number of hydrogen-bond donors (Lipinski definition) is 0. The predicted molar refractivity (Wildman–Crippen MR) is 176 cm³/mol. The zero-order valence-corrected chi connectivity index (χ0v) is 26.7. The maximum absolute atomic E-state index is 15.5. The van der Waals surface area contributed by atoms with Crippen LogP contribution in [0.25, 0.3) is 0 Å². The highest BCUT2D eigenvalue weighted by Crippen LogP contribution is 2.49. The summed E-state index contributed by atoms with van der Waals surface area (Å²) in [5, 5.41) is 0.530. The third-order valence-electron chi connectivity index (χ3n) is 8.56. The summed E-state index contributed by atoms with van der Waals surface area (Å²) >= 11 is 0. The lowest BCUT2D eigenvalue weighted by molar-refractivity contribution is -0.137. The van der Waals surface area contributed by atoms with Crippen molar-refractivity contribution in [2.75, 3.05) is 11.9 Å². The molecule has 2 aliphatic rings. The number of fused-ring (bicyclic) bond motifs is 2. The first-order valence-corrected chi connectivity index (χ1v) is 16.6. The SMILES string of the molecule is Cc1cc(C(F)(F)F)cc(N2C(=O)c3ccc(Oc4ccc5c(c4)C(=O)N(C)C5=O)cc3C2=O)c1P(=O)(c1ccccc1)c1ccccc1. The van der Waals surface area contributed by atoms with E-state index < -0.39 is 48.2 Å². The number of alkyl halides is 3. The topological polar surface area (TPSA) is 101 Å². The molecule has 5 aromatic carbocycles. The third kappa shape index (κ3) is 5.05. The minimum atomic E-state index is -4.85. The van der Waals surface area contributed by atoms with Crippen molar-refractivity contribution in [1.29, 1.82) is 0 Å². The number of rotatable bonds is 6. The first-order chi connectivity index (χ1) is 23.3. The normalized spacial score (nSPS) is 14.4. The van der Waals surface area contributed by atoms with E-state index in [-0.39, 0.29) is 44.6 Å². The quantitative estimate of drug-likeness (QED) is 0.151. The molecular weight excluding hydrogens is 656 g/mol. The number of benzene rings is 5. The molecule has 2 aliphatic heterocycles. The Labute approximate surface area is 277 Å². The zero-order valence-electron chi connectivity index (χ0n) is 25.8. The van der Waals surface area contributed by atoms with E-state index in [1.165, 1.54) is 50.4 Å². The molecule has 2 heterocycles. The van der Waals surface area contributed by atoms with Crippen LogP contribution in [0.2, 0.25) is 0 Å². The Hall–Kier alpha value is -5.80. The van der Waals surface area contributed by atoms with Crippen molar-refractivity contribution in [2.45, 2.75) is 13.1 Å². The van der Waals surface area contributed by atoms with Crippen LogP contribution in [0.1, 0.15) is 52.6 Å². The van der Waals surface area contributed by atoms with Crippen molar-refractivity contribution >= 4 is 52.4 Å². The Morgan fingerprint density at radius 2 is 1.08 bits per heavy atom. The summed E-state index contributed by atoms with van der Waals surface area (Å²) < 4.78 is 64.1. The lowest BCUT2D eigenvalue weighted by atomic mass is 10.1. The van der Waals surface area contributed by atoms with Gasteiger partial charge in [-0.15, -0.1) is 0 Å². The highest BCUT2D eigenvalue weighted by Gasteiger charge is 2.44. The van der Waals surface area contributed by atoms with E-state index in [1.54, 1.807) is 60.7 Å². The Morgan fingerprint density at radius 1 is 0.612 bits per heavy atom. The van der Waals surface area contributed by atoms with E-state index in [9.17, 15) is 32.3 Å². The lowest BCUT2D eigenvalue weighted by Crippen LogP contribution is -2.37. The summed E-state index contributed by atoms with van der Waals surface area (Å²) in [7, 11) is -2.64. The van der Waals surface area contributed by atoms with Gasteiger partial charge >= 0.3 is 6.18 Å². The van der Waals surface area contributed by atoms with Crippen molar-refractivity contribution in [2.24, 2.45) is 0 Å². The number of imide groups is 2. The fourth-order valence-electron chi connectivity index (χ4n) is 6.23. The lowest BCUT2D eigenvalue weighted by Gasteiger charge is -2.28. The van der Waals surface area contributed by atoms with E-state index >= 15 is 4.57 Å². The van der Waals surface area contributed by atoms with Crippen molar-refractivity contribution in [3.63, 3.8) is 0 Å². The number of hydrogen-bond acceptors (Lipinski definition) is 6. The van der Waals surface area contributed by atoms with Crippen LogP contribution in [-0.4, -0.2) is 35.6 Å². The molecule has 0 N–H and O–H groups in total. The molecule has 0 fully saturated rings. The van der Waals surface area contributed by atoms with Gasteiger partial charge < -0.3 is 9.30 Å². The number of ether oxygens (including phenoxy) is 1. The second-order valence-corrected chi connectivity index (χ2v) is 14.3. The number of carbonyl (C=O) groups is 4. The number of carbonyl (C=O) groups excluding carboxylic acids is 4. The number of amides is 4. The Bertz CT molecular complexity index is 2250. The fourth-order valence-corrected chi connectivity index (χ4v) is 9.28. The van der Waals surface area contributed by atoms with Gasteiger partial charge in [0.1, 0.15) is 11.5 Å². The van der Waals surface area contributed by atoms with Crippen LogP contribution in [0.5, 0.6) is 11.5 Å². The van der Waals surface area contributed by atoms with Gasteiger partial charge in [-0.3, -0.25) is 24.1 Å². The summed E-state index contributed by atoms with van der Waals surface area (Å²) in [5.41, 5.74) is -1.47. The van der Waals surface area contributed by atoms with Crippen molar-refractivity contribution in [3.05, 3.63) is 143 Å². The summed E-state index contributed by atoms with van der Waals surface area (Å²) in [6, 6.07) is 26.3. The number of halogens is 3. The molecule has 5 aromatic rings. The number of nitrogens with zero attached hydrogens (tertiary/aromatic N) is 2. The van der Waals surface area contributed by atoms with E-state index in [0.717, 1.165) is 11.0 Å². The van der Waals surface area contributed by atoms with E-state index in [4.69, 9.17) is 4.74 Å². The van der Waals surface area contributed by atoms with Crippen LogP contribution in [-0.2, 0) is 10.7 Å². The number of anilines is 1. The van der Waals surface area contributed by atoms with Gasteiger partial charge in [0.05, 0.1) is 33.5 Å². The Balaban J connectivity index is 1.35. The van der Waals surface area contributed by atoms with E-state index in [1.807, 2.05) is 0 Å². The molecule has 49 heavy (non-hydrogen) atoms. The Kier molecular flexibility index (Phi) is 7.41.